The molecule has 0 unspecified atom stereocenters. The van der Waals surface area contributed by atoms with Gasteiger partial charge < -0.3 is 8.83 Å². The molecule has 0 aliphatic carbocycles. The zero-order chi connectivity index (χ0) is 14.9. The van der Waals surface area contributed by atoms with Gasteiger partial charge >= 0.3 is 0 Å². The maximum atomic E-state index is 11.9. The van der Waals surface area contributed by atoms with Gasteiger partial charge in [-0.2, -0.15) is 0 Å². The van der Waals surface area contributed by atoms with Gasteiger partial charge in [0.05, 0.1) is 12.0 Å². The fourth-order valence-electron chi connectivity index (χ4n) is 1.87. The van der Waals surface area contributed by atoms with Crippen LogP contribution in [0.2, 0.25) is 0 Å². The fraction of sp³-hybridized carbons (Fsp3) is 0.0769. The zero-order valence-corrected chi connectivity index (χ0v) is 12.6. The van der Waals surface area contributed by atoms with Gasteiger partial charge in [0.1, 0.15) is 0 Å². The summed E-state index contributed by atoms with van der Waals surface area (Å²) in [4.78, 5) is 17.0. The molecule has 110 valence electrons. The number of hydrogen-bond donors (Lipinski definition) is 0. The number of fused-ring (bicyclic) bond motifs is 1. The molecule has 4 heterocycles. The quantitative estimate of drug-likeness (QED) is 0.531. The van der Waals surface area contributed by atoms with Crippen molar-refractivity contribution in [2.24, 2.45) is 0 Å². The Bertz CT molecular complexity index is 971. The number of furan rings is 1. The van der Waals surface area contributed by atoms with Crippen LogP contribution in [-0.2, 0) is 5.75 Å². The summed E-state index contributed by atoms with van der Waals surface area (Å²) in [5.74, 6) is 1.33. The molecule has 7 nitrogen and oxygen atoms in total. The molecule has 0 amide bonds. The summed E-state index contributed by atoms with van der Waals surface area (Å²) in [5.41, 5.74) is 0.582. The first kappa shape index (κ1) is 13.3. The van der Waals surface area contributed by atoms with Gasteiger partial charge in [-0.1, -0.05) is 11.8 Å². The van der Waals surface area contributed by atoms with Gasteiger partial charge in [-0.15, -0.1) is 21.5 Å². The second-order valence-corrected chi connectivity index (χ2v) is 6.08. The van der Waals surface area contributed by atoms with E-state index in [2.05, 4.69) is 15.2 Å². The van der Waals surface area contributed by atoms with Crippen molar-refractivity contribution in [3.8, 4) is 11.7 Å². The lowest BCUT2D eigenvalue weighted by Gasteiger charge is -1.98. The van der Waals surface area contributed by atoms with Crippen molar-refractivity contribution in [3.63, 3.8) is 0 Å². The molecule has 0 aromatic carbocycles. The third-order valence-electron chi connectivity index (χ3n) is 2.84. The van der Waals surface area contributed by atoms with Crippen LogP contribution in [-0.4, -0.2) is 19.6 Å². The van der Waals surface area contributed by atoms with Crippen LogP contribution in [0.1, 0.15) is 5.69 Å². The molecule has 0 saturated carbocycles. The number of thioether (sulfide) groups is 1. The fourth-order valence-corrected chi connectivity index (χ4v) is 3.26. The molecule has 0 saturated heterocycles. The highest BCUT2D eigenvalue weighted by Crippen LogP contribution is 2.25. The average molecular weight is 332 g/mol. The first-order valence-electron chi connectivity index (χ1n) is 6.25. The van der Waals surface area contributed by atoms with Gasteiger partial charge in [0.25, 0.3) is 16.7 Å². The summed E-state index contributed by atoms with van der Waals surface area (Å²) in [6.45, 7) is 0. The van der Waals surface area contributed by atoms with Gasteiger partial charge in [0, 0.05) is 23.4 Å². The van der Waals surface area contributed by atoms with Crippen LogP contribution in [0.15, 0.2) is 54.9 Å². The van der Waals surface area contributed by atoms with Crippen LogP contribution >= 0.6 is 23.1 Å². The third kappa shape index (κ3) is 2.44. The summed E-state index contributed by atoms with van der Waals surface area (Å²) in [5, 5.41) is 10.1. The number of thiazole rings is 1. The topological polar surface area (TPSA) is 86.4 Å². The lowest BCUT2D eigenvalue weighted by Crippen LogP contribution is -2.12. The smallest absolute Gasteiger partial charge is 0.284 e. The predicted molar refractivity (Wildman–Crippen MR) is 80.9 cm³/mol. The summed E-state index contributed by atoms with van der Waals surface area (Å²) in [6, 6.07) is 5.01. The second-order valence-electron chi connectivity index (χ2n) is 4.28. The monoisotopic (exact) mass is 332 g/mol. The van der Waals surface area contributed by atoms with E-state index in [1.807, 2.05) is 5.38 Å². The Balaban J connectivity index is 1.53. The van der Waals surface area contributed by atoms with E-state index in [-0.39, 0.29) is 5.56 Å². The van der Waals surface area contributed by atoms with Crippen LogP contribution in [0.3, 0.4) is 0 Å². The first-order valence-corrected chi connectivity index (χ1v) is 8.12. The van der Waals surface area contributed by atoms with Crippen molar-refractivity contribution in [2.45, 2.75) is 11.0 Å². The molecular weight excluding hydrogens is 324 g/mol. The number of hydrogen-bond acceptors (Lipinski definition) is 8. The van der Waals surface area contributed by atoms with E-state index in [1.54, 1.807) is 24.6 Å². The van der Waals surface area contributed by atoms with Crippen molar-refractivity contribution >= 4 is 28.1 Å². The summed E-state index contributed by atoms with van der Waals surface area (Å²) >= 11 is 2.74. The zero-order valence-electron chi connectivity index (χ0n) is 11.0. The molecule has 0 bridgehead atoms. The molecule has 0 fully saturated rings. The van der Waals surface area contributed by atoms with Crippen LogP contribution in [0, 0.1) is 0 Å². The minimum Gasteiger partial charge on any atom is -0.459 e. The van der Waals surface area contributed by atoms with Crippen molar-refractivity contribution in [1.29, 1.82) is 0 Å². The van der Waals surface area contributed by atoms with Gasteiger partial charge in [0.2, 0.25) is 0 Å². The molecule has 0 aliphatic heterocycles. The van der Waals surface area contributed by atoms with Crippen LogP contribution in [0.25, 0.3) is 16.6 Å². The Morgan fingerprint density at radius 1 is 1.36 bits per heavy atom. The molecule has 9 heteroatoms. The maximum Gasteiger partial charge on any atom is 0.284 e. The Morgan fingerprint density at radius 3 is 3.18 bits per heavy atom. The maximum absolute atomic E-state index is 11.9. The van der Waals surface area contributed by atoms with E-state index < -0.39 is 0 Å². The largest absolute Gasteiger partial charge is 0.459 e. The van der Waals surface area contributed by atoms with Crippen molar-refractivity contribution < 1.29 is 8.83 Å². The molecule has 0 atom stereocenters. The standard InChI is InChI=1S/C13H8N4O3S2/c18-10-6-8(14-12-17(10)3-5-21-12)7-22-13-16-15-11(20-13)9-2-1-4-19-9/h1-6H,7H2. The Kier molecular flexibility index (Phi) is 3.28. The first-order chi connectivity index (χ1) is 10.8. The van der Waals surface area contributed by atoms with Gasteiger partial charge in [-0.25, -0.2) is 4.98 Å². The van der Waals surface area contributed by atoms with Gasteiger partial charge in [-0.3, -0.25) is 9.20 Å². The molecule has 22 heavy (non-hydrogen) atoms. The highest BCUT2D eigenvalue weighted by atomic mass is 32.2. The summed E-state index contributed by atoms with van der Waals surface area (Å²) in [7, 11) is 0. The Hall–Kier alpha value is -2.39. The van der Waals surface area contributed by atoms with E-state index >= 15 is 0 Å². The lowest BCUT2D eigenvalue weighted by molar-refractivity contribution is 0.447. The molecule has 0 N–H and O–H groups in total. The summed E-state index contributed by atoms with van der Waals surface area (Å²) < 4.78 is 12.2. The third-order valence-corrected chi connectivity index (χ3v) is 4.45. The number of rotatable bonds is 4. The molecule has 4 aromatic heterocycles. The van der Waals surface area contributed by atoms with E-state index in [9.17, 15) is 4.79 Å². The SMILES string of the molecule is O=c1cc(CSc2nnc(-c3ccco3)o2)nc2sccn12. The summed E-state index contributed by atoms with van der Waals surface area (Å²) in [6.07, 6.45) is 3.25. The van der Waals surface area contributed by atoms with Gasteiger partial charge in [0.15, 0.2) is 10.7 Å². The molecule has 0 aliphatic rings. The van der Waals surface area contributed by atoms with Crippen molar-refractivity contribution in [1.82, 2.24) is 19.6 Å². The second kappa shape index (κ2) is 5.43. The van der Waals surface area contributed by atoms with E-state index in [4.69, 9.17) is 8.83 Å². The molecule has 4 aromatic rings. The van der Waals surface area contributed by atoms with E-state index in [0.29, 0.717) is 33.3 Å². The number of aromatic nitrogens is 4. The minimum absolute atomic E-state index is 0.0938. The number of nitrogens with zero attached hydrogens (tertiary/aromatic N) is 4. The molecular formula is C13H8N4O3S2. The normalized spacial score (nSPS) is 11.3. The Morgan fingerprint density at radius 2 is 2.32 bits per heavy atom. The molecule has 0 spiro atoms. The predicted octanol–water partition coefficient (Wildman–Crippen LogP) is 2.69. The van der Waals surface area contributed by atoms with E-state index in [1.165, 1.54) is 33.6 Å². The van der Waals surface area contributed by atoms with Crippen LogP contribution in [0.4, 0.5) is 0 Å². The van der Waals surface area contributed by atoms with Crippen molar-refractivity contribution in [3.05, 3.63) is 52.1 Å². The average Bonchev–Trinajstić information content (AvgIpc) is 3.25. The van der Waals surface area contributed by atoms with E-state index in [0.717, 1.165) is 0 Å². The van der Waals surface area contributed by atoms with Crippen LogP contribution in [0.5, 0.6) is 0 Å². The lowest BCUT2D eigenvalue weighted by atomic mass is 10.4. The van der Waals surface area contributed by atoms with Gasteiger partial charge in [-0.05, 0) is 12.1 Å². The Labute approximate surface area is 131 Å². The molecule has 0 radical (unpaired) electrons. The minimum atomic E-state index is -0.0938. The molecule has 4 rings (SSSR count). The van der Waals surface area contributed by atoms with Crippen molar-refractivity contribution in [2.75, 3.05) is 0 Å². The highest BCUT2D eigenvalue weighted by Gasteiger charge is 2.12. The van der Waals surface area contributed by atoms with Crippen LogP contribution < -0.4 is 5.56 Å². The highest BCUT2D eigenvalue weighted by molar-refractivity contribution is 7.98.